The van der Waals surface area contributed by atoms with Gasteiger partial charge in [0.25, 0.3) is 0 Å². The monoisotopic (exact) mass is 346 g/mol. The van der Waals surface area contributed by atoms with Crippen LogP contribution in [0.15, 0.2) is 25.3 Å². The summed E-state index contributed by atoms with van der Waals surface area (Å²) in [6.45, 7) is 5.64. The molecule has 0 aromatic carbocycles. The van der Waals surface area contributed by atoms with Crippen LogP contribution in [-0.4, -0.2) is 50.3 Å². The number of carbonyl (C=O) groups is 4. The molecule has 0 radical (unpaired) electrons. The topological polar surface area (TPSA) is 124 Å². The van der Waals surface area contributed by atoms with Gasteiger partial charge < -0.3 is 9.47 Å². The molecule has 134 valence electrons. The van der Waals surface area contributed by atoms with Gasteiger partial charge in [0.05, 0.1) is 12.8 Å². The van der Waals surface area contributed by atoms with Crippen LogP contribution in [0.5, 0.6) is 0 Å². The van der Waals surface area contributed by atoms with E-state index in [9.17, 15) is 19.2 Å². The van der Waals surface area contributed by atoms with Crippen LogP contribution in [0.2, 0.25) is 0 Å². The summed E-state index contributed by atoms with van der Waals surface area (Å²) in [5.41, 5.74) is 0. The largest absolute Gasteiger partial charge is 0.462 e. The molecule has 0 aromatic rings. The van der Waals surface area contributed by atoms with Gasteiger partial charge in [0.15, 0.2) is 0 Å². The molecule has 0 fully saturated rings. The number of hydrogen-bond donors (Lipinski definition) is 0. The van der Waals surface area contributed by atoms with Crippen molar-refractivity contribution in [1.29, 1.82) is 0 Å². The van der Waals surface area contributed by atoms with Gasteiger partial charge in [0, 0.05) is 12.2 Å². The minimum atomic E-state index is -0.779. The van der Waals surface area contributed by atoms with Crippen molar-refractivity contribution in [2.24, 2.45) is 0 Å². The van der Waals surface area contributed by atoms with Gasteiger partial charge in [-0.2, -0.15) is 9.78 Å². The van der Waals surface area contributed by atoms with Crippen LogP contribution in [0.4, 0.5) is 0 Å². The summed E-state index contributed by atoms with van der Waals surface area (Å²) in [6.07, 6.45) is 1.50. The molecule has 0 heterocycles. The second-order valence-electron chi connectivity index (χ2n) is 3.80. The summed E-state index contributed by atoms with van der Waals surface area (Å²) < 4.78 is 9.46. The summed E-state index contributed by atoms with van der Waals surface area (Å²) in [7, 11) is 0. The van der Waals surface area contributed by atoms with Crippen molar-refractivity contribution in [1.82, 2.24) is 0 Å². The van der Waals surface area contributed by atoms with Gasteiger partial charge in [0.2, 0.25) is 0 Å². The Balaban J connectivity index is 3.50. The first-order valence-electron chi connectivity index (χ1n) is 6.72. The number of ether oxygens (including phenoxy) is 2. The lowest BCUT2D eigenvalue weighted by atomic mass is 10.5. The predicted molar refractivity (Wildman–Crippen MR) is 75.6 cm³/mol. The number of hydrogen-bond acceptors (Lipinski definition) is 10. The van der Waals surface area contributed by atoms with Crippen LogP contribution in [-0.2, 0) is 48.2 Å². The molecule has 10 heteroatoms. The molecule has 0 aliphatic heterocycles. The molecule has 0 aromatic heterocycles. The van der Waals surface area contributed by atoms with Crippen LogP contribution in [0, 0.1) is 0 Å². The molecule has 0 aliphatic carbocycles. The van der Waals surface area contributed by atoms with E-state index in [-0.39, 0.29) is 39.3 Å². The van der Waals surface area contributed by atoms with Crippen LogP contribution < -0.4 is 0 Å². The molecule has 0 N–H and O–H groups in total. The summed E-state index contributed by atoms with van der Waals surface area (Å²) in [6, 6.07) is 0. The van der Waals surface area contributed by atoms with Crippen molar-refractivity contribution in [3.8, 4) is 0 Å². The molecule has 0 spiro atoms. The highest BCUT2D eigenvalue weighted by atomic mass is 17.2. The fourth-order valence-corrected chi connectivity index (χ4v) is 0.973. The van der Waals surface area contributed by atoms with Crippen LogP contribution in [0.1, 0.15) is 12.8 Å². The number of carbonyl (C=O) groups excluding carboxylic acids is 4. The molecule has 24 heavy (non-hydrogen) atoms. The van der Waals surface area contributed by atoms with Gasteiger partial charge in [-0.05, 0) is 0 Å². The standard InChI is InChI=1S/C14H18O10/c1-3-11(15)23-21-7-5-13(17)19-9-10-20-14(18)6-8-22-24-12(16)4-2/h3-4H,1-2,5-10H2. The van der Waals surface area contributed by atoms with E-state index in [2.05, 4.69) is 32.7 Å². The van der Waals surface area contributed by atoms with Gasteiger partial charge in [-0.25, -0.2) is 9.59 Å². The highest BCUT2D eigenvalue weighted by Gasteiger charge is 2.07. The SMILES string of the molecule is C=CC(=O)OOCCC(=O)OCCOC(=O)CCOOC(=O)C=C. The lowest BCUT2D eigenvalue weighted by molar-refractivity contribution is -0.268. The van der Waals surface area contributed by atoms with Crippen LogP contribution in [0.3, 0.4) is 0 Å². The van der Waals surface area contributed by atoms with Crippen molar-refractivity contribution >= 4 is 23.9 Å². The highest BCUT2D eigenvalue weighted by Crippen LogP contribution is 1.93. The molecule has 10 nitrogen and oxygen atoms in total. The molecule has 0 bridgehead atoms. The first kappa shape index (κ1) is 21.3. The van der Waals surface area contributed by atoms with Crippen molar-refractivity contribution < 1.29 is 48.2 Å². The van der Waals surface area contributed by atoms with E-state index in [4.69, 9.17) is 9.47 Å². The van der Waals surface area contributed by atoms with Crippen LogP contribution >= 0.6 is 0 Å². The minimum Gasteiger partial charge on any atom is -0.462 e. The Labute approximate surface area is 137 Å². The summed E-state index contributed by atoms with van der Waals surface area (Å²) in [5.74, 6) is -2.81. The summed E-state index contributed by atoms with van der Waals surface area (Å²) in [4.78, 5) is 60.9. The zero-order chi connectivity index (χ0) is 18.2. The zero-order valence-corrected chi connectivity index (χ0v) is 12.9. The molecular weight excluding hydrogens is 328 g/mol. The second-order valence-corrected chi connectivity index (χ2v) is 3.80. The van der Waals surface area contributed by atoms with Gasteiger partial charge in [0.1, 0.15) is 26.4 Å². The van der Waals surface area contributed by atoms with E-state index < -0.39 is 23.9 Å². The third kappa shape index (κ3) is 13.0. The van der Waals surface area contributed by atoms with E-state index in [1.807, 2.05) is 0 Å². The van der Waals surface area contributed by atoms with E-state index in [0.717, 1.165) is 12.2 Å². The molecule has 0 atom stereocenters. The third-order valence-electron chi connectivity index (χ3n) is 2.00. The Bertz CT molecular complexity index is 414. The average molecular weight is 346 g/mol. The van der Waals surface area contributed by atoms with Crippen molar-refractivity contribution in [3.05, 3.63) is 25.3 Å². The fraction of sp³-hybridized carbons (Fsp3) is 0.429. The lowest BCUT2D eigenvalue weighted by Crippen LogP contribution is -2.16. The summed E-state index contributed by atoms with van der Waals surface area (Å²) >= 11 is 0. The van der Waals surface area contributed by atoms with Crippen LogP contribution in [0.25, 0.3) is 0 Å². The summed E-state index contributed by atoms with van der Waals surface area (Å²) in [5, 5.41) is 0. The van der Waals surface area contributed by atoms with E-state index in [1.54, 1.807) is 0 Å². The quantitative estimate of drug-likeness (QED) is 0.150. The highest BCUT2D eigenvalue weighted by molar-refractivity contribution is 5.80. The fourth-order valence-electron chi connectivity index (χ4n) is 0.973. The Morgan fingerprint density at radius 1 is 0.667 bits per heavy atom. The molecule has 0 saturated heterocycles. The first-order chi connectivity index (χ1) is 11.5. The Morgan fingerprint density at radius 3 is 1.38 bits per heavy atom. The maximum Gasteiger partial charge on any atom is 0.365 e. The molecule has 0 saturated carbocycles. The molecule has 0 amide bonds. The smallest absolute Gasteiger partial charge is 0.365 e. The Morgan fingerprint density at radius 2 is 1.04 bits per heavy atom. The zero-order valence-electron chi connectivity index (χ0n) is 12.9. The average Bonchev–Trinajstić information content (AvgIpc) is 2.58. The normalized spacial score (nSPS) is 9.50. The van der Waals surface area contributed by atoms with Gasteiger partial charge in [-0.1, -0.05) is 13.2 Å². The molecular formula is C14H18O10. The molecule has 0 unspecified atom stereocenters. The third-order valence-corrected chi connectivity index (χ3v) is 2.00. The first-order valence-corrected chi connectivity index (χ1v) is 6.72. The van der Waals surface area contributed by atoms with Crippen molar-refractivity contribution in [2.45, 2.75) is 12.8 Å². The van der Waals surface area contributed by atoms with E-state index in [1.165, 1.54) is 0 Å². The van der Waals surface area contributed by atoms with E-state index in [0.29, 0.717) is 0 Å². The Kier molecular flexibility index (Phi) is 12.3. The van der Waals surface area contributed by atoms with E-state index >= 15 is 0 Å². The van der Waals surface area contributed by atoms with Gasteiger partial charge in [-0.3, -0.25) is 19.4 Å². The van der Waals surface area contributed by atoms with Crippen molar-refractivity contribution in [3.63, 3.8) is 0 Å². The lowest BCUT2D eigenvalue weighted by Gasteiger charge is -2.06. The van der Waals surface area contributed by atoms with Crippen molar-refractivity contribution in [2.75, 3.05) is 26.4 Å². The van der Waals surface area contributed by atoms with Gasteiger partial charge in [-0.15, -0.1) is 0 Å². The van der Waals surface area contributed by atoms with Gasteiger partial charge >= 0.3 is 23.9 Å². The Hall–Kier alpha value is -2.72. The predicted octanol–water partition coefficient (Wildman–Crippen LogP) is 0.175. The maximum absolute atomic E-state index is 11.2. The minimum absolute atomic E-state index is 0.149. The number of esters is 2. The number of rotatable bonds is 13. The maximum atomic E-state index is 11.2. The molecule has 0 aliphatic rings. The molecule has 0 rings (SSSR count). The second kappa shape index (κ2) is 13.9.